The zero-order chi connectivity index (χ0) is 15.2. The average Bonchev–Trinajstić information content (AvgIpc) is 2.87. The van der Waals surface area contributed by atoms with Crippen molar-refractivity contribution in [3.05, 3.63) is 0 Å². The number of esters is 1. The number of nitrogens with one attached hydrogen (secondary N) is 1. The molecule has 0 spiro atoms. The van der Waals surface area contributed by atoms with Gasteiger partial charge in [-0.2, -0.15) is 0 Å². The number of ether oxygens (including phenoxy) is 1. The third-order valence-corrected chi connectivity index (χ3v) is 4.32. The highest BCUT2D eigenvalue weighted by molar-refractivity contribution is 5.80. The average molecular weight is 285 g/mol. The van der Waals surface area contributed by atoms with Crippen molar-refractivity contribution in [2.24, 2.45) is 0 Å². The second kappa shape index (κ2) is 7.96. The fourth-order valence-corrected chi connectivity index (χ4v) is 3.25. The molecule has 0 aromatic carbocycles. The molecule has 0 aromatic heterocycles. The van der Waals surface area contributed by atoms with Crippen molar-refractivity contribution < 1.29 is 9.53 Å². The maximum absolute atomic E-state index is 12.0. The van der Waals surface area contributed by atoms with Crippen LogP contribution in [0.3, 0.4) is 0 Å². The highest BCUT2D eigenvalue weighted by Crippen LogP contribution is 2.19. The van der Waals surface area contributed by atoms with E-state index < -0.39 is 5.54 Å². The molecule has 0 aromatic rings. The van der Waals surface area contributed by atoms with Crippen LogP contribution in [0.15, 0.2) is 0 Å². The van der Waals surface area contributed by atoms with Gasteiger partial charge in [0, 0.05) is 19.1 Å². The van der Waals surface area contributed by atoms with Crippen LogP contribution in [-0.2, 0) is 9.53 Å². The Bertz CT molecular complexity index is 307. The summed E-state index contributed by atoms with van der Waals surface area (Å²) in [4.78, 5) is 16.9. The smallest absolute Gasteiger partial charge is 0.327 e. The van der Waals surface area contributed by atoms with E-state index in [9.17, 15) is 4.79 Å². The molecule has 1 rings (SSSR count). The van der Waals surface area contributed by atoms with Crippen molar-refractivity contribution >= 4 is 5.97 Å². The molecule has 2 unspecified atom stereocenters. The number of likely N-dealkylation sites (N-methyl/N-ethyl adjacent to an activating group) is 2. The molecule has 0 aliphatic carbocycles. The molecular weight excluding hydrogens is 254 g/mol. The Kier molecular flexibility index (Phi) is 6.92. The molecule has 1 aliphatic heterocycles. The minimum absolute atomic E-state index is 0.175. The molecule has 0 radical (unpaired) electrons. The zero-order valence-corrected chi connectivity index (χ0v) is 13.7. The molecule has 118 valence electrons. The number of carbonyl (C=O) groups excluding carboxylic acids is 1. The van der Waals surface area contributed by atoms with Crippen LogP contribution < -0.4 is 5.32 Å². The van der Waals surface area contributed by atoms with Crippen LogP contribution in [0.5, 0.6) is 0 Å². The molecule has 1 saturated heterocycles. The second-order valence-corrected chi connectivity index (χ2v) is 5.75. The van der Waals surface area contributed by atoms with Gasteiger partial charge in [0.1, 0.15) is 5.54 Å². The van der Waals surface area contributed by atoms with Crippen molar-refractivity contribution in [3.8, 4) is 0 Å². The van der Waals surface area contributed by atoms with Crippen molar-refractivity contribution in [1.82, 2.24) is 15.1 Å². The van der Waals surface area contributed by atoms with E-state index in [0.29, 0.717) is 12.6 Å². The Balaban J connectivity index is 2.61. The van der Waals surface area contributed by atoms with Crippen LogP contribution in [0.2, 0.25) is 0 Å². The van der Waals surface area contributed by atoms with Crippen LogP contribution in [0.4, 0.5) is 0 Å². The Hall–Kier alpha value is -0.650. The second-order valence-electron chi connectivity index (χ2n) is 5.75. The highest BCUT2D eigenvalue weighted by Gasteiger charge is 2.38. The number of methoxy groups -OCH3 is 1. The molecule has 2 atom stereocenters. The van der Waals surface area contributed by atoms with Crippen molar-refractivity contribution in [3.63, 3.8) is 0 Å². The third kappa shape index (κ3) is 4.17. The summed E-state index contributed by atoms with van der Waals surface area (Å²) >= 11 is 0. The molecule has 0 saturated carbocycles. The predicted octanol–water partition coefficient (Wildman–Crippen LogP) is 0.944. The van der Waals surface area contributed by atoms with E-state index in [1.807, 2.05) is 13.8 Å². The summed E-state index contributed by atoms with van der Waals surface area (Å²) in [5.41, 5.74) is -0.609. The van der Waals surface area contributed by atoms with Gasteiger partial charge in [0.15, 0.2) is 0 Å². The standard InChI is InChI=1S/C15H31N3O2/c1-6-16-15(4,14(19)20-5)12-17-10-9-13(11-17)18(7-2)8-3/h13,16H,6-12H2,1-5H3. The molecule has 1 aliphatic rings. The van der Waals surface area contributed by atoms with Crippen LogP contribution in [-0.4, -0.2) is 73.7 Å². The van der Waals surface area contributed by atoms with Gasteiger partial charge in [-0.15, -0.1) is 0 Å². The van der Waals surface area contributed by atoms with Crippen molar-refractivity contribution in [1.29, 1.82) is 0 Å². The summed E-state index contributed by atoms with van der Waals surface area (Å²) < 4.78 is 4.96. The summed E-state index contributed by atoms with van der Waals surface area (Å²) in [7, 11) is 1.46. The number of hydrogen-bond acceptors (Lipinski definition) is 5. The Morgan fingerprint density at radius 1 is 1.40 bits per heavy atom. The largest absolute Gasteiger partial charge is 0.468 e. The SMILES string of the molecule is CCNC(C)(CN1CCC(N(CC)CC)C1)C(=O)OC. The first-order chi connectivity index (χ1) is 9.50. The van der Waals surface area contributed by atoms with Gasteiger partial charge in [0.25, 0.3) is 0 Å². The van der Waals surface area contributed by atoms with Gasteiger partial charge in [-0.25, -0.2) is 0 Å². The molecule has 5 nitrogen and oxygen atoms in total. The monoisotopic (exact) mass is 285 g/mol. The minimum atomic E-state index is -0.609. The summed E-state index contributed by atoms with van der Waals surface area (Å²) in [6.07, 6.45) is 1.19. The number of likely N-dealkylation sites (tertiary alicyclic amines) is 1. The van der Waals surface area contributed by atoms with Gasteiger partial charge < -0.3 is 10.1 Å². The minimum Gasteiger partial charge on any atom is -0.468 e. The van der Waals surface area contributed by atoms with Crippen LogP contribution in [0, 0.1) is 0 Å². The van der Waals surface area contributed by atoms with E-state index in [2.05, 4.69) is 29.0 Å². The van der Waals surface area contributed by atoms with E-state index in [1.54, 1.807) is 0 Å². The van der Waals surface area contributed by atoms with Gasteiger partial charge in [-0.3, -0.25) is 14.6 Å². The van der Waals surface area contributed by atoms with Crippen molar-refractivity contribution in [2.45, 2.75) is 45.7 Å². The van der Waals surface area contributed by atoms with E-state index in [0.717, 1.165) is 32.7 Å². The quantitative estimate of drug-likeness (QED) is 0.673. The van der Waals surface area contributed by atoms with Crippen LogP contribution >= 0.6 is 0 Å². The summed E-state index contributed by atoms with van der Waals surface area (Å²) in [6, 6.07) is 0.619. The lowest BCUT2D eigenvalue weighted by atomic mass is 10.0. The lowest BCUT2D eigenvalue weighted by molar-refractivity contribution is -0.148. The maximum atomic E-state index is 12.0. The zero-order valence-electron chi connectivity index (χ0n) is 13.7. The Labute approximate surface area is 123 Å². The van der Waals surface area contributed by atoms with E-state index >= 15 is 0 Å². The number of hydrogen-bond donors (Lipinski definition) is 1. The van der Waals surface area contributed by atoms with Gasteiger partial charge in [-0.1, -0.05) is 20.8 Å². The number of rotatable bonds is 8. The normalized spacial score (nSPS) is 23.0. The Morgan fingerprint density at radius 2 is 2.05 bits per heavy atom. The first-order valence-corrected chi connectivity index (χ1v) is 7.80. The van der Waals surface area contributed by atoms with Gasteiger partial charge in [0.05, 0.1) is 7.11 Å². The molecule has 1 fully saturated rings. The molecule has 0 amide bonds. The van der Waals surface area contributed by atoms with E-state index in [-0.39, 0.29) is 5.97 Å². The first kappa shape index (κ1) is 17.4. The maximum Gasteiger partial charge on any atom is 0.327 e. The fourth-order valence-electron chi connectivity index (χ4n) is 3.25. The molecule has 1 heterocycles. The molecule has 1 N–H and O–H groups in total. The molecular formula is C15H31N3O2. The summed E-state index contributed by atoms with van der Waals surface area (Å²) in [6.45, 7) is 14.1. The predicted molar refractivity (Wildman–Crippen MR) is 81.9 cm³/mol. The van der Waals surface area contributed by atoms with Gasteiger partial charge in [-0.05, 0) is 39.5 Å². The van der Waals surface area contributed by atoms with Crippen LogP contribution in [0.25, 0.3) is 0 Å². The molecule has 20 heavy (non-hydrogen) atoms. The molecule has 5 heteroatoms. The van der Waals surface area contributed by atoms with Crippen LogP contribution in [0.1, 0.15) is 34.1 Å². The number of nitrogens with zero attached hydrogens (tertiary/aromatic N) is 2. The lowest BCUT2D eigenvalue weighted by Crippen LogP contribution is -2.57. The third-order valence-electron chi connectivity index (χ3n) is 4.32. The van der Waals surface area contributed by atoms with E-state index in [4.69, 9.17) is 4.74 Å². The van der Waals surface area contributed by atoms with Gasteiger partial charge in [0.2, 0.25) is 0 Å². The van der Waals surface area contributed by atoms with Crippen molar-refractivity contribution in [2.75, 3.05) is 46.4 Å². The number of carbonyl (C=O) groups is 1. The van der Waals surface area contributed by atoms with E-state index in [1.165, 1.54) is 13.5 Å². The first-order valence-electron chi connectivity index (χ1n) is 7.80. The fraction of sp³-hybridized carbons (Fsp3) is 0.933. The highest BCUT2D eigenvalue weighted by atomic mass is 16.5. The van der Waals surface area contributed by atoms with Gasteiger partial charge >= 0.3 is 5.97 Å². The summed E-state index contributed by atoms with van der Waals surface area (Å²) in [5.74, 6) is -0.175. The molecule has 0 bridgehead atoms. The lowest BCUT2D eigenvalue weighted by Gasteiger charge is -2.32. The summed E-state index contributed by atoms with van der Waals surface area (Å²) in [5, 5.41) is 3.28. The topological polar surface area (TPSA) is 44.8 Å². The Morgan fingerprint density at radius 3 is 2.55 bits per heavy atom.